The van der Waals surface area contributed by atoms with Gasteiger partial charge in [-0.15, -0.1) is 11.3 Å². The Hall–Kier alpha value is -1.69. The Morgan fingerprint density at radius 3 is 2.81 bits per heavy atom. The number of hydrogen-bond donors (Lipinski definition) is 1. The molecule has 0 aromatic carbocycles. The van der Waals surface area contributed by atoms with E-state index in [1.165, 1.54) is 0 Å². The summed E-state index contributed by atoms with van der Waals surface area (Å²) in [4.78, 5) is 17.4. The zero-order chi connectivity index (χ0) is 15.5. The molecule has 0 unspecified atom stereocenters. The molecule has 0 aliphatic carbocycles. The normalized spacial score (nSPS) is 13.1. The van der Waals surface area contributed by atoms with E-state index >= 15 is 0 Å². The minimum atomic E-state index is -0.141. The number of nitrogens with zero attached hydrogens (tertiary/aromatic N) is 2. The zero-order valence-corrected chi connectivity index (χ0v) is 13.7. The van der Waals surface area contributed by atoms with E-state index in [0.717, 1.165) is 4.88 Å². The van der Waals surface area contributed by atoms with Crippen molar-refractivity contribution in [3.8, 4) is 0 Å². The third kappa shape index (κ3) is 4.39. The number of nitrogens with one attached hydrogen (secondary N) is 1. The van der Waals surface area contributed by atoms with E-state index in [4.69, 9.17) is 4.52 Å². The lowest BCUT2D eigenvalue weighted by atomic mass is 9.96. The van der Waals surface area contributed by atoms with Gasteiger partial charge in [0.25, 0.3) is 0 Å². The minimum absolute atomic E-state index is 0.00795. The first-order valence-electron chi connectivity index (χ1n) is 7.02. The maximum absolute atomic E-state index is 11.9. The predicted molar refractivity (Wildman–Crippen MR) is 82.2 cm³/mol. The van der Waals surface area contributed by atoms with Gasteiger partial charge in [0.15, 0.2) is 5.82 Å². The summed E-state index contributed by atoms with van der Waals surface area (Å²) < 4.78 is 5.18. The fraction of sp³-hybridized carbons (Fsp3) is 0.533. The molecule has 0 aliphatic rings. The first-order valence-corrected chi connectivity index (χ1v) is 7.90. The van der Waals surface area contributed by atoms with Crippen molar-refractivity contribution in [1.82, 2.24) is 15.5 Å². The Balaban J connectivity index is 1.83. The molecule has 0 bridgehead atoms. The van der Waals surface area contributed by atoms with E-state index in [9.17, 15) is 4.79 Å². The van der Waals surface area contributed by atoms with Crippen molar-refractivity contribution >= 4 is 17.2 Å². The van der Waals surface area contributed by atoms with Gasteiger partial charge >= 0.3 is 0 Å². The highest BCUT2D eigenvalue weighted by Crippen LogP contribution is 2.20. The van der Waals surface area contributed by atoms with Crippen LogP contribution in [0.2, 0.25) is 0 Å². The fourth-order valence-corrected chi connectivity index (χ4v) is 2.54. The number of carbonyl (C=O) groups excluding carboxylic acids is 1. The van der Waals surface area contributed by atoms with Crippen LogP contribution in [0.1, 0.15) is 56.7 Å². The van der Waals surface area contributed by atoms with Gasteiger partial charge in [-0.1, -0.05) is 32.0 Å². The van der Waals surface area contributed by atoms with Gasteiger partial charge < -0.3 is 9.84 Å². The fourth-order valence-electron chi connectivity index (χ4n) is 1.80. The van der Waals surface area contributed by atoms with E-state index in [1.54, 1.807) is 11.3 Å². The molecule has 1 amide bonds. The Morgan fingerprint density at radius 1 is 1.48 bits per heavy atom. The summed E-state index contributed by atoms with van der Waals surface area (Å²) >= 11 is 1.64. The monoisotopic (exact) mass is 307 g/mol. The third-order valence-electron chi connectivity index (χ3n) is 3.05. The number of aryl methyl sites for hydroxylation is 1. The zero-order valence-electron chi connectivity index (χ0n) is 12.8. The van der Waals surface area contributed by atoms with Crippen LogP contribution in [0.25, 0.3) is 0 Å². The summed E-state index contributed by atoms with van der Waals surface area (Å²) in [6, 6.07) is 4.03. The molecule has 114 valence electrons. The van der Waals surface area contributed by atoms with Crippen molar-refractivity contribution in [2.24, 2.45) is 0 Å². The molecule has 2 aromatic rings. The molecule has 6 heteroatoms. The molecule has 21 heavy (non-hydrogen) atoms. The molecule has 1 N–H and O–H groups in total. The Morgan fingerprint density at radius 2 is 2.24 bits per heavy atom. The smallest absolute Gasteiger partial charge is 0.227 e. The van der Waals surface area contributed by atoms with Gasteiger partial charge in [-0.05, 0) is 18.4 Å². The topological polar surface area (TPSA) is 68.0 Å². The van der Waals surface area contributed by atoms with E-state index in [2.05, 4.69) is 15.5 Å². The van der Waals surface area contributed by atoms with E-state index in [-0.39, 0.29) is 17.4 Å². The van der Waals surface area contributed by atoms with Gasteiger partial charge in [-0.3, -0.25) is 4.79 Å². The molecule has 0 spiro atoms. The van der Waals surface area contributed by atoms with Crippen LogP contribution < -0.4 is 5.32 Å². The van der Waals surface area contributed by atoms with Crippen LogP contribution in [0, 0.1) is 0 Å². The van der Waals surface area contributed by atoms with Crippen molar-refractivity contribution in [2.75, 3.05) is 0 Å². The van der Waals surface area contributed by atoms with Gasteiger partial charge in [0.1, 0.15) is 0 Å². The second kappa shape index (κ2) is 6.39. The van der Waals surface area contributed by atoms with Gasteiger partial charge in [0.05, 0.1) is 6.04 Å². The highest BCUT2D eigenvalue weighted by molar-refractivity contribution is 7.10. The van der Waals surface area contributed by atoms with Crippen LogP contribution in [0.15, 0.2) is 22.0 Å². The molecule has 2 aromatic heterocycles. The quantitative estimate of drug-likeness (QED) is 0.920. The first kappa shape index (κ1) is 15.7. The molecule has 0 aliphatic heterocycles. The van der Waals surface area contributed by atoms with Gasteiger partial charge in [0.2, 0.25) is 11.8 Å². The maximum Gasteiger partial charge on any atom is 0.227 e. The largest absolute Gasteiger partial charge is 0.349 e. The average molecular weight is 307 g/mol. The summed E-state index contributed by atoms with van der Waals surface area (Å²) in [5, 5.41) is 8.93. The number of aromatic nitrogens is 2. The van der Waals surface area contributed by atoms with Crippen LogP contribution in [0.5, 0.6) is 0 Å². The lowest BCUT2D eigenvalue weighted by Crippen LogP contribution is -2.26. The molecule has 0 saturated heterocycles. The Labute approximate surface area is 128 Å². The SMILES string of the molecule is C[C@H](NC(=O)CCc1nc(C(C)(C)C)no1)c1cccs1. The average Bonchev–Trinajstić information content (AvgIpc) is 3.07. The van der Waals surface area contributed by atoms with Crippen molar-refractivity contribution in [1.29, 1.82) is 0 Å². The van der Waals surface area contributed by atoms with E-state index < -0.39 is 0 Å². The maximum atomic E-state index is 11.9. The van der Waals surface area contributed by atoms with Crippen molar-refractivity contribution in [2.45, 2.75) is 52.0 Å². The second-order valence-corrected chi connectivity index (χ2v) is 7.05. The highest BCUT2D eigenvalue weighted by atomic mass is 32.1. The highest BCUT2D eigenvalue weighted by Gasteiger charge is 2.21. The number of hydrogen-bond acceptors (Lipinski definition) is 5. The number of thiophene rings is 1. The minimum Gasteiger partial charge on any atom is -0.349 e. The lowest BCUT2D eigenvalue weighted by Gasteiger charge is -2.11. The van der Waals surface area contributed by atoms with Gasteiger partial charge in [-0.25, -0.2) is 0 Å². The molecule has 2 rings (SSSR count). The van der Waals surface area contributed by atoms with Crippen LogP contribution in [-0.4, -0.2) is 16.0 Å². The lowest BCUT2D eigenvalue weighted by molar-refractivity contribution is -0.121. The number of carbonyl (C=O) groups is 1. The van der Waals surface area contributed by atoms with Crippen LogP contribution in [-0.2, 0) is 16.6 Å². The van der Waals surface area contributed by atoms with E-state index in [0.29, 0.717) is 24.6 Å². The van der Waals surface area contributed by atoms with Crippen molar-refractivity contribution in [3.05, 3.63) is 34.1 Å². The summed E-state index contributed by atoms with van der Waals surface area (Å²) in [5.74, 6) is 1.18. The molecule has 2 heterocycles. The van der Waals surface area contributed by atoms with Crippen molar-refractivity contribution in [3.63, 3.8) is 0 Å². The van der Waals surface area contributed by atoms with Crippen LogP contribution in [0.3, 0.4) is 0 Å². The second-order valence-electron chi connectivity index (χ2n) is 6.07. The standard InChI is InChI=1S/C15H21N3O2S/c1-10(11-6-5-9-21-11)16-12(19)7-8-13-17-14(18-20-13)15(2,3)4/h5-6,9-10H,7-8H2,1-4H3,(H,16,19)/t10-/m0/s1. The van der Waals surface area contributed by atoms with Gasteiger partial charge in [0, 0.05) is 23.1 Å². The van der Waals surface area contributed by atoms with E-state index in [1.807, 2.05) is 45.2 Å². The summed E-state index contributed by atoms with van der Waals surface area (Å²) in [5.41, 5.74) is -0.141. The molecule has 0 saturated carbocycles. The third-order valence-corrected chi connectivity index (χ3v) is 4.11. The molecule has 5 nitrogen and oxygen atoms in total. The Bertz CT molecular complexity index is 584. The van der Waals surface area contributed by atoms with Crippen molar-refractivity contribution < 1.29 is 9.32 Å². The molecular formula is C15H21N3O2S. The summed E-state index contributed by atoms with van der Waals surface area (Å²) in [6.45, 7) is 8.05. The first-order chi connectivity index (χ1) is 9.86. The van der Waals surface area contributed by atoms with Gasteiger partial charge in [-0.2, -0.15) is 4.98 Å². The summed E-state index contributed by atoms with van der Waals surface area (Å²) in [6.07, 6.45) is 0.813. The molecule has 0 radical (unpaired) electrons. The summed E-state index contributed by atoms with van der Waals surface area (Å²) in [7, 11) is 0. The molecular weight excluding hydrogens is 286 g/mol. The number of rotatable bonds is 5. The predicted octanol–water partition coefficient (Wildman–Crippen LogP) is 3.24. The Kier molecular flexibility index (Phi) is 4.77. The molecule has 1 atom stereocenters. The number of amides is 1. The van der Waals surface area contributed by atoms with Crippen LogP contribution >= 0.6 is 11.3 Å². The van der Waals surface area contributed by atoms with Crippen LogP contribution in [0.4, 0.5) is 0 Å². The molecule has 0 fully saturated rings.